The lowest BCUT2D eigenvalue weighted by molar-refractivity contribution is 0.240. The van der Waals surface area contributed by atoms with Crippen molar-refractivity contribution in [1.29, 1.82) is 0 Å². The number of hydrogen-bond acceptors (Lipinski definition) is 2. The van der Waals surface area contributed by atoms with Crippen LogP contribution >= 0.6 is 11.6 Å². The molecule has 0 saturated carbocycles. The van der Waals surface area contributed by atoms with E-state index in [1.807, 2.05) is 12.1 Å². The fourth-order valence-corrected chi connectivity index (χ4v) is 1.47. The molecule has 1 aromatic heterocycles. The van der Waals surface area contributed by atoms with Crippen molar-refractivity contribution in [3.8, 4) is 5.75 Å². The van der Waals surface area contributed by atoms with E-state index in [1.165, 1.54) is 0 Å². The molecule has 2 nitrogen and oxygen atoms in total. The molecule has 0 radical (unpaired) electrons. The largest absolute Gasteiger partial charge is 0.492 e. The monoisotopic (exact) mass is 227 g/mol. The Morgan fingerprint density at radius 3 is 2.53 bits per heavy atom. The molecule has 0 aliphatic rings. The minimum Gasteiger partial charge on any atom is -0.492 e. The highest BCUT2D eigenvalue weighted by Gasteiger charge is 2.04. The quantitative estimate of drug-likeness (QED) is 0.693. The van der Waals surface area contributed by atoms with Gasteiger partial charge in [-0.3, -0.25) is 4.98 Å². The van der Waals surface area contributed by atoms with E-state index in [2.05, 4.69) is 18.8 Å². The van der Waals surface area contributed by atoms with Crippen LogP contribution in [-0.2, 0) is 5.88 Å². The maximum Gasteiger partial charge on any atom is 0.137 e. The summed E-state index contributed by atoms with van der Waals surface area (Å²) in [7, 11) is 0. The Kier molecular flexibility index (Phi) is 5.48. The van der Waals surface area contributed by atoms with E-state index in [-0.39, 0.29) is 0 Å². The van der Waals surface area contributed by atoms with Crippen molar-refractivity contribution in [3.63, 3.8) is 0 Å². The van der Waals surface area contributed by atoms with Crippen LogP contribution in [0.3, 0.4) is 0 Å². The van der Waals surface area contributed by atoms with Gasteiger partial charge in [-0.15, -0.1) is 11.6 Å². The third-order valence-corrected chi connectivity index (χ3v) is 2.85. The van der Waals surface area contributed by atoms with Gasteiger partial charge in [-0.25, -0.2) is 0 Å². The van der Waals surface area contributed by atoms with Crippen molar-refractivity contribution >= 4 is 11.6 Å². The Bertz CT molecular complexity index is 269. The van der Waals surface area contributed by atoms with Gasteiger partial charge in [0.05, 0.1) is 24.4 Å². The first-order chi connectivity index (χ1) is 7.30. The van der Waals surface area contributed by atoms with Crippen LogP contribution in [0, 0.1) is 5.92 Å². The molecule has 0 atom stereocenters. The molecule has 0 saturated heterocycles. The Morgan fingerprint density at radius 2 is 2.07 bits per heavy atom. The van der Waals surface area contributed by atoms with Crippen LogP contribution in [0.1, 0.15) is 32.4 Å². The summed E-state index contributed by atoms with van der Waals surface area (Å²) in [5.41, 5.74) is 0.881. The highest BCUT2D eigenvalue weighted by molar-refractivity contribution is 6.16. The van der Waals surface area contributed by atoms with E-state index < -0.39 is 0 Å². The second-order valence-electron chi connectivity index (χ2n) is 3.61. The van der Waals surface area contributed by atoms with E-state index in [1.54, 1.807) is 6.20 Å². The number of rotatable bonds is 6. The van der Waals surface area contributed by atoms with Crippen LogP contribution in [0.15, 0.2) is 18.3 Å². The minimum atomic E-state index is 0.451. The van der Waals surface area contributed by atoms with Crippen molar-refractivity contribution in [3.05, 3.63) is 24.0 Å². The van der Waals surface area contributed by atoms with Gasteiger partial charge in [0.25, 0.3) is 0 Å². The Balaban J connectivity index is 2.43. The standard InChI is InChI=1S/C12H18ClNO/c1-3-10(4-2)9-15-12-6-5-11(7-13)14-8-12/h5-6,8,10H,3-4,7,9H2,1-2H3. The highest BCUT2D eigenvalue weighted by Crippen LogP contribution is 2.14. The van der Waals surface area contributed by atoms with Crippen LogP contribution in [0.4, 0.5) is 0 Å². The van der Waals surface area contributed by atoms with Gasteiger partial charge in [-0.2, -0.15) is 0 Å². The smallest absolute Gasteiger partial charge is 0.137 e. The number of hydrogen-bond donors (Lipinski definition) is 0. The molecular weight excluding hydrogens is 210 g/mol. The van der Waals surface area contributed by atoms with Crippen molar-refractivity contribution in [2.24, 2.45) is 5.92 Å². The lowest BCUT2D eigenvalue weighted by Gasteiger charge is -2.13. The molecule has 0 N–H and O–H groups in total. The van der Waals surface area contributed by atoms with Gasteiger partial charge in [0.2, 0.25) is 0 Å². The molecule has 0 unspecified atom stereocenters. The van der Waals surface area contributed by atoms with Crippen molar-refractivity contribution < 1.29 is 4.74 Å². The number of aromatic nitrogens is 1. The number of ether oxygens (including phenoxy) is 1. The van der Waals surface area contributed by atoms with Gasteiger partial charge in [0.15, 0.2) is 0 Å². The molecule has 0 aliphatic heterocycles. The first-order valence-corrected chi connectivity index (χ1v) is 5.97. The number of alkyl halides is 1. The molecular formula is C12H18ClNO. The first kappa shape index (κ1) is 12.3. The molecule has 0 aliphatic carbocycles. The summed E-state index contributed by atoms with van der Waals surface area (Å²) in [5, 5.41) is 0. The number of nitrogens with zero attached hydrogens (tertiary/aromatic N) is 1. The Morgan fingerprint density at radius 1 is 1.33 bits per heavy atom. The molecule has 1 heterocycles. The van der Waals surface area contributed by atoms with Gasteiger partial charge in [0.1, 0.15) is 5.75 Å². The van der Waals surface area contributed by atoms with Gasteiger partial charge in [-0.1, -0.05) is 26.7 Å². The van der Waals surface area contributed by atoms with Crippen molar-refractivity contribution in [2.45, 2.75) is 32.6 Å². The molecule has 1 rings (SSSR count). The molecule has 0 spiro atoms. The Labute approximate surface area is 96.6 Å². The maximum atomic E-state index is 5.65. The van der Waals surface area contributed by atoms with E-state index >= 15 is 0 Å². The highest BCUT2D eigenvalue weighted by atomic mass is 35.5. The number of pyridine rings is 1. The SMILES string of the molecule is CCC(CC)COc1ccc(CCl)nc1. The van der Waals surface area contributed by atoms with Crippen LogP contribution < -0.4 is 4.74 Å². The third-order valence-electron chi connectivity index (χ3n) is 2.57. The molecule has 0 aromatic carbocycles. The summed E-state index contributed by atoms with van der Waals surface area (Å²) in [6.07, 6.45) is 4.05. The summed E-state index contributed by atoms with van der Waals surface area (Å²) in [6, 6.07) is 3.82. The second kappa shape index (κ2) is 6.67. The fraction of sp³-hybridized carbons (Fsp3) is 0.583. The molecule has 0 fully saturated rings. The number of halogens is 1. The summed E-state index contributed by atoms with van der Waals surface area (Å²) in [6.45, 7) is 5.15. The van der Waals surface area contributed by atoms with Gasteiger partial charge < -0.3 is 4.74 Å². The molecule has 84 valence electrons. The second-order valence-corrected chi connectivity index (χ2v) is 3.88. The van der Waals surface area contributed by atoms with Crippen LogP contribution in [0.2, 0.25) is 0 Å². The summed E-state index contributed by atoms with van der Waals surface area (Å²) in [4.78, 5) is 4.17. The zero-order valence-corrected chi connectivity index (χ0v) is 10.1. The van der Waals surface area contributed by atoms with Gasteiger partial charge >= 0.3 is 0 Å². The zero-order chi connectivity index (χ0) is 11.1. The van der Waals surface area contributed by atoms with Crippen LogP contribution in [-0.4, -0.2) is 11.6 Å². The van der Waals surface area contributed by atoms with E-state index in [0.29, 0.717) is 11.8 Å². The van der Waals surface area contributed by atoms with Crippen LogP contribution in [0.25, 0.3) is 0 Å². The van der Waals surface area contributed by atoms with E-state index in [0.717, 1.165) is 30.9 Å². The lowest BCUT2D eigenvalue weighted by Crippen LogP contribution is -2.10. The summed E-state index contributed by atoms with van der Waals surface area (Å²) >= 11 is 5.65. The predicted molar refractivity (Wildman–Crippen MR) is 63.4 cm³/mol. The predicted octanol–water partition coefficient (Wildman–Crippen LogP) is 3.64. The molecule has 0 bridgehead atoms. The molecule has 3 heteroatoms. The summed E-state index contributed by atoms with van der Waals surface area (Å²) in [5.74, 6) is 1.92. The van der Waals surface area contributed by atoms with Crippen molar-refractivity contribution in [1.82, 2.24) is 4.98 Å². The van der Waals surface area contributed by atoms with Gasteiger partial charge in [0, 0.05) is 0 Å². The van der Waals surface area contributed by atoms with Gasteiger partial charge in [-0.05, 0) is 18.1 Å². The maximum absolute atomic E-state index is 5.65. The first-order valence-electron chi connectivity index (χ1n) is 5.43. The van der Waals surface area contributed by atoms with Crippen molar-refractivity contribution in [2.75, 3.05) is 6.61 Å². The third kappa shape index (κ3) is 4.08. The zero-order valence-electron chi connectivity index (χ0n) is 9.37. The lowest BCUT2D eigenvalue weighted by atomic mass is 10.1. The molecule has 1 aromatic rings. The average molecular weight is 228 g/mol. The molecule has 0 amide bonds. The van der Waals surface area contributed by atoms with E-state index in [9.17, 15) is 0 Å². The minimum absolute atomic E-state index is 0.451. The average Bonchev–Trinajstić information content (AvgIpc) is 2.31. The topological polar surface area (TPSA) is 22.1 Å². The normalized spacial score (nSPS) is 10.7. The molecule has 15 heavy (non-hydrogen) atoms. The fourth-order valence-electron chi connectivity index (χ4n) is 1.31. The summed E-state index contributed by atoms with van der Waals surface area (Å²) < 4.78 is 5.64. The Hall–Kier alpha value is -0.760. The van der Waals surface area contributed by atoms with Crippen LogP contribution in [0.5, 0.6) is 5.75 Å². The van der Waals surface area contributed by atoms with E-state index in [4.69, 9.17) is 16.3 Å².